The molecule has 0 aromatic heterocycles. The van der Waals surface area contributed by atoms with Gasteiger partial charge < -0.3 is 4.90 Å². The molecule has 0 aliphatic heterocycles. The highest BCUT2D eigenvalue weighted by Gasteiger charge is 2.25. The SMILES string of the molecule is CN(C)c1ccc2c(SI)c3c(cc2c1)CCC3=O. The summed E-state index contributed by atoms with van der Waals surface area (Å²) in [5, 5.41) is 2.43. The Balaban J connectivity index is 2.32. The van der Waals surface area contributed by atoms with Crippen LogP contribution in [0.3, 0.4) is 0 Å². The first-order chi connectivity index (χ1) is 9.11. The molecule has 0 atom stereocenters. The summed E-state index contributed by atoms with van der Waals surface area (Å²) in [5.74, 6) is 0.299. The van der Waals surface area contributed by atoms with Gasteiger partial charge in [-0.2, -0.15) is 0 Å². The van der Waals surface area contributed by atoms with Gasteiger partial charge in [0.2, 0.25) is 0 Å². The number of hydrogen-bond donors (Lipinski definition) is 0. The van der Waals surface area contributed by atoms with Gasteiger partial charge in [0.25, 0.3) is 0 Å². The first-order valence-corrected chi connectivity index (χ1v) is 9.56. The van der Waals surface area contributed by atoms with Gasteiger partial charge in [-0.3, -0.25) is 4.79 Å². The minimum absolute atomic E-state index is 0.299. The number of benzene rings is 2. The third-order valence-corrected chi connectivity index (χ3v) is 5.55. The normalized spacial score (nSPS) is 13.9. The Labute approximate surface area is 129 Å². The monoisotopic (exact) mass is 383 g/mol. The summed E-state index contributed by atoms with van der Waals surface area (Å²) in [6.07, 6.45) is 1.55. The fraction of sp³-hybridized carbons (Fsp3) is 0.267. The highest BCUT2D eigenvalue weighted by atomic mass is 127. The highest BCUT2D eigenvalue weighted by molar-refractivity contribution is 14.2. The molecular weight excluding hydrogens is 369 g/mol. The lowest BCUT2D eigenvalue weighted by molar-refractivity contribution is 0.0992. The maximum absolute atomic E-state index is 12.0. The first-order valence-electron chi connectivity index (χ1n) is 6.20. The van der Waals surface area contributed by atoms with Gasteiger partial charge in [-0.25, -0.2) is 0 Å². The van der Waals surface area contributed by atoms with E-state index in [1.165, 1.54) is 22.0 Å². The number of aryl methyl sites for hydroxylation is 1. The molecule has 2 nitrogen and oxygen atoms in total. The number of halogens is 1. The van der Waals surface area contributed by atoms with Crippen LogP contribution in [-0.2, 0) is 6.42 Å². The number of rotatable bonds is 2. The molecule has 0 heterocycles. The number of Topliss-reactive ketones (excluding diaryl/α,β-unsaturated/α-hetero) is 1. The van der Waals surface area contributed by atoms with Crippen LogP contribution in [0.4, 0.5) is 5.69 Å². The Bertz CT molecular complexity index is 681. The molecule has 2 aromatic carbocycles. The number of fused-ring (bicyclic) bond motifs is 2. The van der Waals surface area contributed by atoms with Crippen LogP contribution in [0.1, 0.15) is 22.3 Å². The van der Waals surface area contributed by atoms with Gasteiger partial charge in [-0.05, 0) is 34.9 Å². The molecule has 2 aromatic rings. The zero-order valence-electron chi connectivity index (χ0n) is 10.9. The van der Waals surface area contributed by atoms with Crippen molar-refractivity contribution in [3.05, 3.63) is 35.4 Å². The molecule has 0 N–H and O–H groups in total. The van der Waals surface area contributed by atoms with Gasteiger partial charge in [0, 0.05) is 57.9 Å². The standard InChI is InChI=1S/C15H14INOS/c1-17(2)11-4-5-12-10(8-11)7-9-3-6-13(18)14(9)15(12)19-16/h4-5,7-8H,3,6H2,1-2H3. The van der Waals surface area contributed by atoms with Gasteiger partial charge in [-0.1, -0.05) is 21.1 Å². The van der Waals surface area contributed by atoms with Crippen molar-refractivity contribution < 1.29 is 4.79 Å². The van der Waals surface area contributed by atoms with Crippen LogP contribution in [0.15, 0.2) is 29.2 Å². The molecule has 0 unspecified atom stereocenters. The summed E-state index contributed by atoms with van der Waals surface area (Å²) in [6, 6.07) is 8.65. The fourth-order valence-corrected chi connectivity index (χ4v) is 4.61. The smallest absolute Gasteiger partial charge is 0.164 e. The molecule has 98 valence electrons. The van der Waals surface area contributed by atoms with Crippen LogP contribution >= 0.6 is 30.1 Å². The van der Waals surface area contributed by atoms with Crippen LogP contribution in [0, 0.1) is 0 Å². The molecule has 0 amide bonds. The molecule has 3 rings (SSSR count). The maximum atomic E-state index is 12.0. The van der Waals surface area contributed by atoms with Crippen LogP contribution in [0.2, 0.25) is 0 Å². The van der Waals surface area contributed by atoms with E-state index in [0.29, 0.717) is 12.2 Å². The zero-order valence-corrected chi connectivity index (χ0v) is 13.8. The molecule has 1 aliphatic rings. The van der Waals surface area contributed by atoms with Crippen LogP contribution in [0.25, 0.3) is 10.8 Å². The number of carbonyl (C=O) groups excluding carboxylic acids is 1. The molecule has 0 bridgehead atoms. The van der Waals surface area contributed by atoms with Crippen molar-refractivity contribution in [1.82, 2.24) is 0 Å². The number of ketones is 1. The third kappa shape index (κ3) is 2.14. The summed E-state index contributed by atoms with van der Waals surface area (Å²) in [4.78, 5) is 15.3. The third-order valence-electron chi connectivity index (χ3n) is 3.65. The Morgan fingerprint density at radius 1 is 1.21 bits per heavy atom. The maximum Gasteiger partial charge on any atom is 0.164 e. The topological polar surface area (TPSA) is 20.3 Å². The van der Waals surface area contributed by atoms with Gasteiger partial charge >= 0.3 is 0 Å². The number of carbonyl (C=O) groups is 1. The second kappa shape index (κ2) is 4.98. The van der Waals surface area contributed by atoms with Crippen LogP contribution in [0.5, 0.6) is 0 Å². The second-order valence-corrected chi connectivity index (χ2v) is 6.92. The Morgan fingerprint density at radius 3 is 2.68 bits per heavy atom. The Hall–Kier alpha value is -0.750. The Kier molecular flexibility index (Phi) is 3.47. The molecule has 4 heteroatoms. The lowest BCUT2D eigenvalue weighted by Crippen LogP contribution is -2.08. The summed E-state index contributed by atoms with van der Waals surface area (Å²) in [5.41, 5.74) is 3.37. The average Bonchev–Trinajstić information content (AvgIpc) is 2.77. The number of hydrogen-bond acceptors (Lipinski definition) is 3. The summed E-state index contributed by atoms with van der Waals surface area (Å²) < 4.78 is 0. The summed E-state index contributed by atoms with van der Waals surface area (Å²) >= 11 is 2.28. The highest BCUT2D eigenvalue weighted by Crippen LogP contribution is 2.41. The van der Waals surface area contributed by atoms with E-state index in [2.05, 4.69) is 50.4 Å². The van der Waals surface area contributed by atoms with Gasteiger partial charge in [0.1, 0.15) is 0 Å². The van der Waals surface area contributed by atoms with E-state index < -0.39 is 0 Å². The molecule has 0 saturated carbocycles. The van der Waals surface area contributed by atoms with E-state index in [1.54, 1.807) is 8.93 Å². The van der Waals surface area contributed by atoms with Gasteiger partial charge in [-0.15, -0.1) is 0 Å². The van der Waals surface area contributed by atoms with Crippen molar-refractivity contribution >= 4 is 52.4 Å². The van der Waals surface area contributed by atoms with E-state index in [0.717, 1.165) is 16.9 Å². The lowest BCUT2D eigenvalue weighted by atomic mass is 10.0. The quantitative estimate of drug-likeness (QED) is 0.714. The van der Waals surface area contributed by atoms with E-state index in [1.807, 2.05) is 14.1 Å². The minimum Gasteiger partial charge on any atom is -0.378 e. The predicted molar refractivity (Wildman–Crippen MR) is 90.8 cm³/mol. The van der Waals surface area contributed by atoms with Crippen molar-refractivity contribution in [1.29, 1.82) is 0 Å². The lowest BCUT2D eigenvalue weighted by Gasteiger charge is -2.15. The molecule has 0 fully saturated rings. The Morgan fingerprint density at radius 2 is 2.00 bits per heavy atom. The van der Waals surface area contributed by atoms with Crippen LogP contribution in [-0.4, -0.2) is 19.9 Å². The van der Waals surface area contributed by atoms with Crippen molar-refractivity contribution in [2.75, 3.05) is 19.0 Å². The van der Waals surface area contributed by atoms with Crippen molar-refractivity contribution in [3.63, 3.8) is 0 Å². The summed E-state index contributed by atoms with van der Waals surface area (Å²) in [7, 11) is 5.75. The largest absolute Gasteiger partial charge is 0.378 e. The first kappa shape index (κ1) is 13.2. The summed E-state index contributed by atoms with van der Waals surface area (Å²) in [6.45, 7) is 0. The van der Waals surface area contributed by atoms with E-state index in [9.17, 15) is 4.79 Å². The van der Waals surface area contributed by atoms with E-state index in [4.69, 9.17) is 0 Å². The van der Waals surface area contributed by atoms with Crippen molar-refractivity contribution in [2.45, 2.75) is 17.7 Å². The van der Waals surface area contributed by atoms with E-state index in [-0.39, 0.29) is 0 Å². The van der Waals surface area contributed by atoms with Gasteiger partial charge in [0.15, 0.2) is 5.78 Å². The van der Waals surface area contributed by atoms with E-state index >= 15 is 0 Å². The zero-order chi connectivity index (χ0) is 13.6. The molecule has 0 spiro atoms. The minimum atomic E-state index is 0.299. The molecule has 1 aliphatic carbocycles. The molecular formula is C15H14INOS. The number of nitrogens with zero attached hydrogens (tertiary/aromatic N) is 1. The average molecular weight is 383 g/mol. The molecule has 19 heavy (non-hydrogen) atoms. The fourth-order valence-electron chi connectivity index (χ4n) is 2.65. The predicted octanol–water partition coefficient (Wildman–Crippen LogP) is 4.48. The van der Waals surface area contributed by atoms with Crippen molar-refractivity contribution in [3.8, 4) is 0 Å². The second-order valence-electron chi connectivity index (χ2n) is 5.04. The molecule has 0 radical (unpaired) electrons. The molecule has 0 saturated heterocycles. The van der Waals surface area contributed by atoms with Crippen LogP contribution < -0.4 is 4.90 Å². The number of anilines is 1. The van der Waals surface area contributed by atoms with Gasteiger partial charge in [0.05, 0.1) is 0 Å². The van der Waals surface area contributed by atoms with Crippen molar-refractivity contribution in [2.24, 2.45) is 0 Å².